The molecule has 0 aliphatic rings. The van der Waals surface area contributed by atoms with Crippen molar-refractivity contribution in [3.8, 4) is 0 Å². The van der Waals surface area contributed by atoms with Crippen LogP contribution in [0.4, 0.5) is 0 Å². The number of rotatable bonds is 6. The first-order valence-electron chi connectivity index (χ1n) is 6.19. The number of sulfonamides is 1. The van der Waals surface area contributed by atoms with E-state index in [1.165, 1.54) is 11.3 Å². The topological polar surface area (TPSA) is 90.0 Å². The minimum atomic E-state index is -3.46. The molecular weight excluding hydrogens is 296 g/mol. The first-order valence-corrected chi connectivity index (χ1v) is 8.49. The van der Waals surface area contributed by atoms with Crippen LogP contribution >= 0.6 is 11.3 Å². The number of aromatic nitrogens is 2. The van der Waals surface area contributed by atoms with Crippen molar-refractivity contribution in [3.05, 3.63) is 34.7 Å². The summed E-state index contributed by atoms with van der Waals surface area (Å²) in [6.07, 6.45) is 4.08. The van der Waals surface area contributed by atoms with Crippen molar-refractivity contribution in [2.45, 2.75) is 24.1 Å². The number of nitrogens with one attached hydrogen (secondary N) is 1. The largest absolute Gasteiger partial charge is 0.338 e. The van der Waals surface area contributed by atoms with Gasteiger partial charge < -0.3 is 10.3 Å². The summed E-state index contributed by atoms with van der Waals surface area (Å²) in [6.45, 7) is 2.55. The number of nitrogens with two attached hydrogens (primary N) is 1. The molecule has 2 aromatic heterocycles. The van der Waals surface area contributed by atoms with Crippen LogP contribution in [0.5, 0.6) is 0 Å². The van der Waals surface area contributed by atoms with Crippen molar-refractivity contribution < 1.29 is 8.42 Å². The van der Waals surface area contributed by atoms with Crippen LogP contribution in [-0.4, -0.2) is 24.5 Å². The molecule has 0 amide bonds. The molecule has 0 aliphatic carbocycles. The molecule has 2 heterocycles. The van der Waals surface area contributed by atoms with Gasteiger partial charge in [-0.3, -0.25) is 0 Å². The van der Waals surface area contributed by atoms with Gasteiger partial charge in [0, 0.05) is 43.8 Å². The van der Waals surface area contributed by atoms with Gasteiger partial charge in [-0.25, -0.2) is 18.1 Å². The molecule has 0 unspecified atom stereocenters. The Hall–Kier alpha value is -1.22. The van der Waals surface area contributed by atoms with Crippen LogP contribution in [0.25, 0.3) is 0 Å². The number of hydrogen-bond donors (Lipinski definition) is 2. The van der Waals surface area contributed by atoms with Gasteiger partial charge in [-0.05, 0) is 18.6 Å². The molecule has 6 nitrogen and oxygen atoms in total. The first kappa shape index (κ1) is 15.2. The van der Waals surface area contributed by atoms with E-state index in [0.717, 1.165) is 16.3 Å². The van der Waals surface area contributed by atoms with Gasteiger partial charge in [0.05, 0.1) is 0 Å². The molecule has 0 saturated carbocycles. The minimum Gasteiger partial charge on any atom is -0.338 e. The molecule has 0 atom stereocenters. The summed E-state index contributed by atoms with van der Waals surface area (Å²) < 4.78 is 29.1. The molecule has 0 fully saturated rings. The zero-order valence-corrected chi connectivity index (χ0v) is 13.1. The SMILES string of the molecule is Cc1cc(S(=O)(=O)NCCc2nccn2C)sc1CN. The van der Waals surface area contributed by atoms with Crippen molar-refractivity contribution in [2.75, 3.05) is 6.54 Å². The third kappa shape index (κ3) is 3.26. The highest BCUT2D eigenvalue weighted by Gasteiger charge is 2.18. The third-order valence-electron chi connectivity index (χ3n) is 3.01. The standard InChI is InChI=1S/C12H18N4O2S2/c1-9-7-12(19-10(9)8-13)20(17,18)15-4-3-11-14-5-6-16(11)2/h5-7,15H,3-4,8,13H2,1-2H3. The van der Waals surface area contributed by atoms with E-state index in [4.69, 9.17) is 5.73 Å². The normalized spacial score (nSPS) is 11.9. The van der Waals surface area contributed by atoms with Crippen LogP contribution in [0.2, 0.25) is 0 Å². The highest BCUT2D eigenvalue weighted by atomic mass is 32.2. The number of thiophene rings is 1. The smallest absolute Gasteiger partial charge is 0.250 e. The Morgan fingerprint density at radius 1 is 1.50 bits per heavy atom. The summed E-state index contributed by atoms with van der Waals surface area (Å²) in [5.74, 6) is 0.845. The number of imidazole rings is 1. The van der Waals surface area contributed by atoms with Crippen LogP contribution in [0.3, 0.4) is 0 Å². The lowest BCUT2D eigenvalue weighted by molar-refractivity contribution is 0.582. The van der Waals surface area contributed by atoms with E-state index in [9.17, 15) is 8.42 Å². The molecular formula is C12H18N4O2S2. The highest BCUT2D eigenvalue weighted by Crippen LogP contribution is 2.25. The molecule has 2 aromatic rings. The quantitative estimate of drug-likeness (QED) is 0.824. The van der Waals surface area contributed by atoms with Gasteiger partial charge in [0.15, 0.2) is 0 Å². The molecule has 2 rings (SSSR count). The Morgan fingerprint density at radius 3 is 2.80 bits per heavy atom. The lowest BCUT2D eigenvalue weighted by Crippen LogP contribution is -2.26. The van der Waals surface area contributed by atoms with Crippen molar-refractivity contribution in [2.24, 2.45) is 12.8 Å². The van der Waals surface area contributed by atoms with Crippen LogP contribution in [-0.2, 0) is 30.0 Å². The summed E-state index contributed by atoms with van der Waals surface area (Å²) >= 11 is 1.22. The number of aryl methyl sites for hydroxylation is 2. The molecule has 110 valence electrons. The van der Waals surface area contributed by atoms with Crippen molar-refractivity contribution in [1.82, 2.24) is 14.3 Å². The summed E-state index contributed by atoms with van der Waals surface area (Å²) in [5, 5.41) is 0. The maximum Gasteiger partial charge on any atom is 0.250 e. The van der Waals surface area contributed by atoms with Gasteiger partial charge in [0.25, 0.3) is 0 Å². The molecule has 8 heteroatoms. The van der Waals surface area contributed by atoms with Crippen LogP contribution < -0.4 is 10.5 Å². The first-order chi connectivity index (χ1) is 9.44. The molecule has 20 heavy (non-hydrogen) atoms. The van der Waals surface area contributed by atoms with Gasteiger partial charge in [0.2, 0.25) is 10.0 Å². The second-order valence-corrected chi connectivity index (χ2v) is 7.61. The molecule has 0 radical (unpaired) electrons. The Morgan fingerprint density at radius 2 is 2.25 bits per heavy atom. The summed E-state index contributed by atoms with van der Waals surface area (Å²) in [6, 6.07) is 1.66. The molecule has 0 bridgehead atoms. The summed E-state index contributed by atoms with van der Waals surface area (Å²) in [7, 11) is -1.58. The number of nitrogens with zero attached hydrogens (tertiary/aromatic N) is 2. The van der Waals surface area contributed by atoms with Gasteiger partial charge >= 0.3 is 0 Å². The van der Waals surface area contributed by atoms with E-state index < -0.39 is 10.0 Å². The van der Waals surface area contributed by atoms with Crippen LogP contribution in [0, 0.1) is 6.92 Å². The third-order valence-corrected chi connectivity index (χ3v) is 6.20. The zero-order valence-electron chi connectivity index (χ0n) is 11.5. The second-order valence-electron chi connectivity index (χ2n) is 4.48. The maximum absolute atomic E-state index is 12.2. The predicted molar refractivity (Wildman–Crippen MR) is 79.0 cm³/mol. The lowest BCUT2D eigenvalue weighted by atomic mass is 10.3. The fourth-order valence-electron chi connectivity index (χ4n) is 1.83. The van der Waals surface area contributed by atoms with E-state index in [-0.39, 0.29) is 0 Å². The van der Waals surface area contributed by atoms with E-state index in [0.29, 0.717) is 23.7 Å². The van der Waals surface area contributed by atoms with E-state index >= 15 is 0 Å². The molecule has 0 saturated heterocycles. The lowest BCUT2D eigenvalue weighted by Gasteiger charge is -2.04. The molecule has 0 spiro atoms. The predicted octanol–water partition coefficient (Wildman–Crippen LogP) is 0.770. The minimum absolute atomic E-state index is 0.315. The fraction of sp³-hybridized carbons (Fsp3) is 0.417. The number of hydrogen-bond acceptors (Lipinski definition) is 5. The molecule has 0 aromatic carbocycles. The average molecular weight is 314 g/mol. The second kappa shape index (κ2) is 6.04. The van der Waals surface area contributed by atoms with Crippen LogP contribution in [0.1, 0.15) is 16.3 Å². The Bertz CT molecular complexity index is 688. The summed E-state index contributed by atoms with van der Waals surface area (Å²) in [4.78, 5) is 5.05. The van der Waals surface area contributed by atoms with Crippen LogP contribution in [0.15, 0.2) is 22.7 Å². The highest BCUT2D eigenvalue weighted by molar-refractivity contribution is 7.91. The zero-order chi connectivity index (χ0) is 14.8. The monoisotopic (exact) mass is 314 g/mol. The Labute approximate surface area is 122 Å². The van der Waals surface area contributed by atoms with Gasteiger partial charge in [-0.15, -0.1) is 11.3 Å². The average Bonchev–Trinajstić information content (AvgIpc) is 2.96. The van der Waals surface area contributed by atoms with Gasteiger partial charge in [-0.2, -0.15) is 0 Å². The van der Waals surface area contributed by atoms with Crippen molar-refractivity contribution in [1.29, 1.82) is 0 Å². The van der Waals surface area contributed by atoms with E-state index in [1.54, 1.807) is 12.3 Å². The molecule has 0 aliphatic heterocycles. The molecule has 3 N–H and O–H groups in total. The van der Waals surface area contributed by atoms with E-state index in [2.05, 4.69) is 9.71 Å². The van der Waals surface area contributed by atoms with Crippen molar-refractivity contribution >= 4 is 21.4 Å². The van der Waals surface area contributed by atoms with E-state index in [1.807, 2.05) is 24.7 Å². The van der Waals surface area contributed by atoms with Gasteiger partial charge in [0.1, 0.15) is 10.0 Å². The summed E-state index contributed by atoms with van der Waals surface area (Å²) in [5.41, 5.74) is 6.49. The maximum atomic E-state index is 12.2. The van der Waals surface area contributed by atoms with Gasteiger partial charge in [-0.1, -0.05) is 0 Å². The van der Waals surface area contributed by atoms with Crippen molar-refractivity contribution in [3.63, 3.8) is 0 Å². The Balaban J connectivity index is 2.02. The Kier molecular flexibility index (Phi) is 4.59. The fourth-order valence-corrected chi connectivity index (χ4v) is 4.37.